The van der Waals surface area contributed by atoms with Crippen molar-refractivity contribution in [1.29, 1.82) is 0 Å². The summed E-state index contributed by atoms with van der Waals surface area (Å²) in [6.07, 6.45) is 1.49. The van der Waals surface area contributed by atoms with Crippen molar-refractivity contribution in [3.63, 3.8) is 0 Å². The van der Waals surface area contributed by atoms with Gasteiger partial charge in [-0.2, -0.15) is 5.10 Å². The molecule has 1 aromatic heterocycles. The number of aromatic nitrogens is 1. The predicted octanol–water partition coefficient (Wildman–Crippen LogP) is 6.99. The van der Waals surface area contributed by atoms with Gasteiger partial charge in [-0.3, -0.25) is 4.79 Å². The zero-order valence-electron chi connectivity index (χ0n) is 23.5. The van der Waals surface area contributed by atoms with E-state index in [1.807, 2.05) is 60.7 Å². The average Bonchev–Trinajstić information content (AvgIpc) is 3.46. The lowest BCUT2D eigenvalue weighted by molar-refractivity contribution is 0.0729. The summed E-state index contributed by atoms with van der Waals surface area (Å²) < 4.78 is 16.2. The van der Waals surface area contributed by atoms with Gasteiger partial charge in [0.15, 0.2) is 11.5 Å². The van der Waals surface area contributed by atoms with Crippen LogP contribution in [-0.2, 0) is 0 Å². The zero-order valence-corrected chi connectivity index (χ0v) is 23.5. The second kappa shape index (κ2) is 11.9. The van der Waals surface area contributed by atoms with Crippen LogP contribution in [-0.4, -0.2) is 37.3 Å². The van der Waals surface area contributed by atoms with Crippen LogP contribution in [0.2, 0.25) is 0 Å². The molecular weight excluding hydrogens is 542 g/mol. The minimum atomic E-state index is -0.550. The number of fused-ring (bicyclic) bond motifs is 3. The Bertz CT molecular complexity index is 2000. The number of methoxy groups -OCH3 is 2. The monoisotopic (exact) mass is 569 g/mol. The molecule has 0 spiro atoms. The van der Waals surface area contributed by atoms with E-state index in [4.69, 9.17) is 14.2 Å². The number of benzene rings is 5. The van der Waals surface area contributed by atoms with Gasteiger partial charge >= 0.3 is 5.97 Å². The van der Waals surface area contributed by atoms with Gasteiger partial charge in [0.05, 0.1) is 31.5 Å². The van der Waals surface area contributed by atoms with Crippen molar-refractivity contribution in [2.24, 2.45) is 5.10 Å². The second-order valence-corrected chi connectivity index (χ2v) is 9.68. The molecule has 5 aromatic carbocycles. The number of hydrazone groups is 1. The number of hydrogen-bond donors (Lipinski definition) is 2. The molecule has 0 saturated heterocycles. The lowest BCUT2D eigenvalue weighted by atomic mass is 9.99. The number of hydrogen-bond acceptors (Lipinski definition) is 6. The first kappa shape index (κ1) is 27.3. The molecule has 0 radical (unpaired) electrons. The molecule has 212 valence electrons. The van der Waals surface area contributed by atoms with E-state index >= 15 is 0 Å². The highest BCUT2D eigenvalue weighted by Crippen LogP contribution is 2.36. The van der Waals surface area contributed by atoms with Crippen molar-refractivity contribution in [2.45, 2.75) is 0 Å². The molecule has 43 heavy (non-hydrogen) atoms. The Kier molecular flexibility index (Phi) is 7.56. The third kappa shape index (κ3) is 5.54. The van der Waals surface area contributed by atoms with Crippen molar-refractivity contribution in [1.82, 2.24) is 10.4 Å². The molecule has 0 saturated carbocycles. The standard InChI is InChI=1S/C35H27N3O5/c1-41-26-13-8-12-25(20-26)35(40)43-29-18-15-22(19-30(29)42-2)21-36-38-34(39)33-31(24-10-4-3-5-11-24)28-17-16-23-9-6-7-14-27(23)32(28)37-33/h3-21,37H,1-2H3,(H,38,39). The van der Waals surface area contributed by atoms with Crippen LogP contribution in [0.5, 0.6) is 17.2 Å². The normalized spacial score (nSPS) is 11.1. The highest BCUT2D eigenvalue weighted by Gasteiger charge is 2.20. The fraction of sp³-hybridized carbons (Fsp3) is 0.0571. The number of rotatable bonds is 8. The lowest BCUT2D eigenvalue weighted by Gasteiger charge is -2.10. The first-order valence-electron chi connectivity index (χ1n) is 13.5. The molecule has 6 rings (SSSR count). The van der Waals surface area contributed by atoms with Crippen LogP contribution < -0.4 is 19.6 Å². The highest BCUT2D eigenvalue weighted by atomic mass is 16.6. The van der Waals surface area contributed by atoms with Crippen molar-refractivity contribution < 1.29 is 23.8 Å². The maximum Gasteiger partial charge on any atom is 0.343 e. The summed E-state index contributed by atoms with van der Waals surface area (Å²) in [7, 11) is 3.01. The van der Waals surface area contributed by atoms with Crippen LogP contribution in [0.3, 0.4) is 0 Å². The van der Waals surface area contributed by atoms with Crippen LogP contribution in [0.1, 0.15) is 26.4 Å². The summed E-state index contributed by atoms with van der Waals surface area (Å²) in [5.74, 6) is 0.193. The van der Waals surface area contributed by atoms with Gasteiger partial charge in [0.1, 0.15) is 11.4 Å². The number of esters is 1. The predicted molar refractivity (Wildman–Crippen MR) is 167 cm³/mol. The van der Waals surface area contributed by atoms with Crippen molar-refractivity contribution in [3.8, 4) is 28.4 Å². The maximum atomic E-state index is 13.5. The molecule has 1 amide bonds. The SMILES string of the molecule is COc1cccc(C(=O)Oc2ccc(C=NNC(=O)c3[nH]c4c(ccc5ccccc54)c3-c3ccccc3)cc2OC)c1. The lowest BCUT2D eigenvalue weighted by Crippen LogP contribution is -2.18. The molecule has 1 heterocycles. The Hall–Kier alpha value is -5.89. The molecule has 0 unspecified atom stereocenters. The Morgan fingerprint density at radius 2 is 1.58 bits per heavy atom. The average molecular weight is 570 g/mol. The Labute approximate surface area is 247 Å². The third-order valence-electron chi connectivity index (χ3n) is 7.06. The van der Waals surface area contributed by atoms with E-state index in [2.05, 4.69) is 21.6 Å². The fourth-order valence-electron chi connectivity index (χ4n) is 4.99. The molecular formula is C35H27N3O5. The van der Waals surface area contributed by atoms with Crippen LogP contribution in [0.25, 0.3) is 32.8 Å². The Morgan fingerprint density at radius 3 is 2.40 bits per heavy atom. The first-order chi connectivity index (χ1) is 21.1. The number of nitrogens with one attached hydrogen (secondary N) is 2. The molecule has 0 atom stereocenters. The smallest absolute Gasteiger partial charge is 0.343 e. The van der Waals surface area contributed by atoms with Gasteiger partial charge in [0.25, 0.3) is 5.91 Å². The van der Waals surface area contributed by atoms with E-state index in [1.54, 1.807) is 42.5 Å². The number of H-pyrrole nitrogens is 1. The van der Waals surface area contributed by atoms with Crippen LogP contribution in [0, 0.1) is 0 Å². The van der Waals surface area contributed by atoms with E-state index in [0.29, 0.717) is 28.3 Å². The summed E-state index contributed by atoms with van der Waals surface area (Å²) >= 11 is 0. The minimum Gasteiger partial charge on any atom is -0.497 e. The summed E-state index contributed by atoms with van der Waals surface area (Å²) in [6, 6.07) is 33.6. The molecule has 0 aliphatic rings. The number of ether oxygens (including phenoxy) is 3. The van der Waals surface area contributed by atoms with E-state index in [9.17, 15) is 9.59 Å². The first-order valence-corrected chi connectivity index (χ1v) is 13.5. The number of nitrogens with zero attached hydrogens (tertiary/aromatic N) is 1. The molecule has 6 aromatic rings. The van der Waals surface area contributed by atoms with Gasteiger partial charge in [-0.25, -0.2) is 10.2 Å². The summed E-state index contributed by atoms with van der Waals surface area (Å²) in [5.41, 5.74) is 6.63. The summed E-state index contributed by atoms with van der Waals surface area (Å²) in [5, 5.41) is 7.25. The Morgan fingerprint density at radius 1 is 0.767 bits per heavy atom. The van der Waals surface area contributed by atoms with Crippen molar-refractivity contribution >= 4 is 39.8 Å². The molecule has 0 fully saturated rings. The van der Waals surface area contributed by atoms with Gasteiger partial charge in [0, 0.05) is 16.3 Å². The molecule has 2 N–H and O–H groups in total. The van der Waals surface area contributed by atoms with Gasteiger partial charge in [-0.1, -0.05) is 72.8 Å². The highest BCUT2D eigenvalue weighted by molar-refractivity contribution is 6.16. The van der Waals surface area contributed by atoms with Gasteiger partial charge in [-0.05, 0) is 52.9 Å². The number of carbonyl (C=O) groups excluding carboxylic acids is 2. The largest absolute Gasteiger partial charge is 0.497 e. The number of aromatic amines is 1. The topological polar surface area (TPSA) is 102 Å². The molecule has 8 heteroatoms. The van der Waals surface area contributed by atoms with E-state index in [-0.39, 0.29) is 11.7 Å². The zero-order chi connectivity index (χ0) is 29.8. The van der Waals surface area contributed by atoms with E-state index < -0.39 is 5.97 Å². The van der Waals surface area contributed by atoms with Crippen LogP contribution in [0.4, 0.5) is 0 Å². The van der Waals surface area contributed by atoms with Gasteiger partial charge in [0.2, 0.25) is 0 Å². The van der Waals surface area contributed by atoms with E-state index in [1.165, 1.54) is 20.4 Å². The van der Waals surface area contributed by atoms with E-state index in [0.717, 1.165) is 32.8 Å². The summed E-state index contributed by atoms with van der Waals surface area (Å²) in [6.45, 7) is 0. The fourth-order valence-corrected chi connectivity index (χ4v) is 4.99. The van der Waals surface area contributed by atoms with Gasteiger partial charge in [-0.15, -0.1) is 0 Å². The van der Waals surface area contributed by atoms with Crippen LogP contribution >= 0.6 is 0 Å². The summed E-state index contributed by atoms with van der Waals surface area (Å²) in [4.78, 5) is 29.5. The Balaban J connectivity index is 1.24. The molecule has 0 aliphatic carbocycles. The number of amides is 1. The quantitative estimate of drug-likeness (QED) is 0.0891. The van der Waals surface area contributed by atoms with Crippen molar-refractivity contribution in [3.05, 3.63) is 126 Å². The third-order valence-corrected chi connectivity index (χ3v) is 7.06. The van der Waals surface area contributed by atoms with Crippen molar-refractivity contribution in [2.75, 3.05) is 14.2 Å². The minimum absolute atomic E-state index is 0.245. The molecule has 0 aliphatic heterocycles. The molecule has 0 bridgehead atoms. The molecule has 8 nitrogen and oxygen atoms in total. The second-order valence-electron chi connectivity index (χ2n) is 9.68. The van der Waals surface area contributed by atoms with Gasteiger partial charge < -0.3 is 19.2 Å². The maximum absolute atomic E-state index is 13.5. The van der Waals surface area contributed by atoms with Crippen LogP contribution in [0.15, 0.2) is 114 Å². The number of carbonyl (C=O) groups is 2.